The van der Waals surface area contributed by atoms with Crippen LogP contribution in [0.1, 0.15) is 22.8 Å². The van der Waals surface area contributed by atoms with E-state index in [0.29, 0.717) is 27.1 Å². The van der Waals surface area contributed by atoms with E-state index >= 15 is 0 Å². The molecule has 1 N–H and O–H groups in total. The number of amides is 1. The molecule has 112 valence electrons. The molecule has 0 bridgehead atoms. The third-order valence-electron chi connectivity index (χ3n) is 2.96. The van der Waals surface area contributed by atoms with Gasteiger partial charge in [-0.2, -0.15) is 5.10 Å². The number of rotatable bonds is 4. The predicted molar refractivity (Wildman–Crippen MR) is 85.3 cm³/mol. The van der Waals surface area contributed by atoms with Crippen molar-refractivity contribution < 1.29 is 4.79 Å². The second kappa shape index (κ2) is 6.69. The molecule has 0 spiro atoms. The van der Waals surface area contributed by atoms with Crippen LogP contribution in [-0.2, 0) is 13.5 Å². The minimum absolute atomic E-state index is 0.131. The molecule has 2 aromatic rings. The molecule has 21 heavy (non-hydrogen) atoms. The van der Waals surface area contributed by atoms with Crippen LogP contribution in [0.2, 0.25) is 15.1 Å². The predicted octanol–water partition coefficient (Wildman–Crippen LogP) is 3.74. The second-order valence-electron chi connectivity index (χ2n) is 4.83. The van der Waals surface area contributed by atoms with Gasteiger partial charge in [0, 0.05) is 34.4 Å². The molecule has 1 aromatic heterocycles. The van der Waals surface area contributed by atoms with Gasteiger partial charge in [0.25, 0.3) is 5.91 Å². The first-order valence-corrected chi connectivity index (χ1v) is 7.43. The van der Waals surface area contributed by atoms with Crippen LogP contribution >= 0.6 is 34.8 Å². The standard InChI is InChI=1S/C14H14Cl3N3O/c1-8(19-14(21)9-6-18-20(2)7-9)3-11-12(16)4-10(15)5-13(11)17/h4-8H,3H2,1-2H3,(H,19,21). The number of halogens is 3. The first-order chi connectivity index (χ1) is 9.86. The Kier molecular flexibility index (Phi) is 5.14. The Hall–Kier alpha value is -1.23. The molecule has 1 atom stereocenters. The van der Waals surface area contributed by atoms with Crippen molar-refractivity contribution in [2.75, 3.05) is 0 Å². The van der Waals surface area contributed by atoms with Gasteiger partial charge in [-0.1, -0.05) is 34.8 Å². The van der Waals surface area contributed by atoms with Crippen LogP contribution < -0.4 is 5.32 Å². The smallest absolute Gasteiger partial charge is 0.254 e. The van der Waals surface area contributed by atoms with Crippen LogP contribution in [0.15, 0.2) is 24.5 Å². The molecule has 1 aromatic carbocycles. The normalized spacial score (nSPS) is 12.2. The maximum atomic E-state index is 12.0. The molecular formula is C14H14Cl3N3O. The summed E-state index contributed by atoms with van der Waals surface area (Å²) in [6.07, 6.45) is 3.69. The molecule has 7 heteroatoms. The van der Waals surface area contributed by atoms with Gasteiger partial charge in [-0.3, -0.25) is 9.48 Å². The maximum Gasteiger partial charge on any atom is 0.254 e. The first kappa shape index (κ1) is 16.1. The zero-order chi connectivity index (χ0) is 15.6. The van der Waals surface area contributed by atoms with E-state index in [1.807, 2.05) is 6.92 Å². The number of nitrogens with zero attached hydrogens (tertiary/aromatic N) is 2. The summed E-state index contributed by atoms with van der Waals surface area (Å²) in [4.78, 5) is 12.0. The molecule has 1 amide bonds. The number of carbonyl (C=O) groups excluding carboxylic acids is 1. The van der Waals surface area contributed by atoms with Gasteiger partial charge < -0.3 is 5.32 Å². The summed E-state index contributed by atoms with van der Waals surface area (Å²) >= 11 is 18.2. The van der Waals surface area contributed by atoms with Crippen molar-refractivity contribution in [2.45, 2.75) is 19.4 Å². The molecule has 1 heterocycles. The van der Waals surface area contributed by atoms with Crippen LogP contribution in [-0.4, -0.2) is 21.7 Å². The number of hydrogen-bond acceptors (Lipinski definition) is 2. The van der Waals surface area contributed by atoms with Crippen LogP contribution in [0.3, 0.4) is 0 Å². The van der Waals surface area contributed by atoms with E-state index in [1.165, 1.54) is 6.20 Å². The summed E-state index contributed by atoms with van der Waals surface area (Å²) in [5.74, 6) is -0.184. The van der Waals surface area contributed by atoms with E-state index in [0.717, 1.165) is 5.56 Å². The van der Waals surface area contributed by atoms with Crippen molar-refractivity contribution in [2.24, 2.45) is 7.05 Å². The van der Waals surface area contributed by atoms with Gasteiger partial charge >= 0.3 is 0 Å². The van der Waals surface area contributed by atoms with Gasteiger partial charge in [0.15, 0.2) is 0 Å². The summed E-state index contributed by atoms with van der Waals surface area (Å²) in [6, 6.07) is 3.15. The van der Waals surface area contributed by atoms with Crippen molar-refractivity contribution in [3.63, 3.8) is 0 Å². The van der Waals surface area contributed by atoms with Gasteiger partial charge in [0.2, 0.25) is 0 Å². The lowest BCUT2D eigenvalue weighted by Crippen LogP contribution is -2.34. The highest BCUT2D eigenvalue weighted by atomic mass is 35.5. The van der Waals surface area contributed by atoms with E-state index in [2.05, 4.69) is 10.4 Å². The van der Waals surface area contributed by atoms with E-state index in [9.17, 15) is 4.79 Å². The van der Waals surface area contributed by atoms with Crippen molar-refractivity contribution in [1.82, 2.24) is 15.1 Å². The Labute approximate surface area is 138 Å². The molecule has 0 saturated carbocycles. The molecular weight excluding hydrogens is 333 g/mol. The highest BCUT2D eigenvalue weighted by molar-refractivity contribution is 6.39. The Morgan fingerprint density at radius 2 is 1.95 bits per heavy atom. The lowest BCUT2D eigenvalue weighted by molar-refractivity contribution is 0.0940. The zero-order valence-electron chi connectivity index (χ0n) is 11.5. The fraction of sp³-hybridized carbons (Fsp3) is 0.286. The average molecular weight is 347 g/mol. The van der Waals surface area contributed by atoms with Crippen molar-refractivity contribution >= 4 is 40.7 Å². The van der Waals surface area contributed by atoms with Crippen LogP contribution in [0.4, 0.5) is 0 Å². The molecule has 2 rings (SSSR count). The quantitative estimate of drug-likeness (QED) is 0.916. The Balaban J connectivity index is 2.05. The molecule has 0 saturated heterocycles. The van der Waals surface area contributed by atoms with E-state index in [1.54, 1.807) is 30.1 Å². The minimum atomic E-state index is -0.184. The lowest BCUT2D eigenvalue weighted by atomic mass is 10.1. The number of nitrogens with one attached hydrogen (secondary N) is 1. The maximum absolute atomic E-state index is 12.0. The summed E-state index contributed by atoms with van der Waals surface area (Å²) in [5.41, 5.74) is 1.28. The van der Waals surface area contributed by atoms with Crippen LogP contribution in [0.5, 0.6) is 0 Å². The molecule has 0 fully saturated rings. The minimum Gasteiger partial charge on any atom is -0.349 e. The van der Waals surface area contributed by atoms with Gasteiger partial charge in [-0.25, -0.2) is 0 Å². The van der Waals surface area contributed by atoms with Gasteiger partial charge in [-0.05, 0) is 31.0 Å². The zero-order valence-corrected chi connectivity index (χ0v) is 13.8. The summed E-state index contributed by atoms with van der Waals surface area (Å²) in [6.45, 7) is 1.88. The van der Waals surface area contributed by atoms with Gasteiger partial charge in [0.05, 0.1) is 11.8 Å². The Bertz CT molecular complexity index is 646. The fourth-order valence-corrected chi connectivity index (χ4v) is 2.94. The highest BCUT2D eigenvalue weighted by Gasteiger charge is 2.15. The highest BCUT2D eigenvalue weighted by Crippen LogP contribution is 2.29. The fourth-order valence-electron chi connectivity index (χ4n) is 1.97. The molecule has 0 aliphatic carbocycles. The van der Waals surface area contributed by atoms with Crippen molar-refractivity contribution in [1.29, 1.82) is 0 Å². The Morgan fingerprint density at radius 3 is 2.48 bits per heavy atom. The van der Waals surface area contributed by atoms with Gasteiger partial charge in [-0.15, -0.1) is 0 Å². The third-order valence-corrected chi connectivity index (χ3v) is 3.85. The van der Waals surface area contributed by atoms with Crippen molar-refractivity contribution in [3.8, 4) is 0 Å². The lowest BCUT2D eigenvalue weighted by Gasteiger charge is -2.15. The number of carbonyl (C=O) groups is 1. The first-order valence-electron chi connectivity index (χ1n) is 6.29. The van der Waals surface area contributed by atoms with Crippen LogP contribution in [0.25, 0.3) is 0 Å². The van der Waals surface area contributed by atoms with E-state index < -0.39 is 0 Å². The summed E-state index contributed by atoms with van der Waals surface area (Å²) in [7, 11) is 1.76. The molecule has 0 radical (unpaired) electrons. The largest absolute Gasteiger partial charge is 0.349 e. The van der Waals surface area contributed by atoms with E-state index in [-0.39, 0.29) is 11.9 Å². The van der Waals surface area contributed by atoms with E-state index in [4.69, 9.17) is 34.8 Å². The second-order valence-corrected chi connectivity index (χ2v) is 6.08. The third kappa shape index (κ3) is 4.13. The molecule has 4 nitrogen and oxygen atoms in total. The number of aromatic nitrogens is 2. The van der Waals surface area contributed by atoms with Gasteiger partial charge in [0.1, 0.15) is 0 Å². The number of aryl methyl sites for hydroxylation is 1. The summed E-state index contributed by atoms with van der Waals surface area (Å²) < 4.78 is 1.58. The monoisotopic (exact) mass is 345 g/mol. The SMILES string of the molecule is CC(Cc1c(Cl)cc(Cl)cc1Cl)NC(=O)c1cnn(C)c1. The van der Waals surface area contributed by atoms with Crippen molar-refractivity contribution in [3.05, 3.63) is 50.7 Å². The number of benzene rings is 1. The number of hydrogen-bond donors (Lipinski definition) is 1. The molecule has 1 unspecified atom stereocenters. The molecule has 0 aliphatic heterocycles. The Morgan fingerprint density at radius 1 is 1.33 bits per heavy atom. The average Bonchev–Trinajstić information content (AvgIpc) is 2.80. The topological polar surface area (TPSA) is 46.9 Å². The summed E-state index contributed by atoms with van der Waals surface area (Å²) in [5, 5.41) is 8.33. The van der Waals surface area contributed by atoms with Crippen LogP contribution in [0, 0.1) is 0 Å². The molecule has 0 aliphatic rings.